The van der Waals surface area contributed by atoms with Crippen LogP contribution in [-0.2, 0) is 0 Å². The molecule has 0 rings (SSSR count). The summed E-state index contributed by atoms with van der Waals surface area (Å²) in [6.07, 6.45) is 29.3. The molecule has 0 aromatic heterocycles. The summed E-state index contributed by atoms with van der Waals surface area (Å²) >= 11 is 0. The minimum atomic E-state index is 0. The van der Waals surface area contributed by atoms with Crippen molar-refractivity contribution in [2.24, 2.45) is 0 Å². The van der Waals surface area contributed by atoms with Gasteiger partial charge in [-0.3, -0.25) is 0 Å². The monoisotopic (exact) mass is 426 g/mol. The van der Waals surface area contributed by atoms with E-state index in [4.69, 9.17) is 0 Å². The van der Waals surface area contributed by atoms with Gasteiger partial charge < -0.3 is 16.9 Å². The van der Waals surface area contributed by atoms with Crippen LogP contribution in [0.15, 0.2) is 0 Å². The van der Waals surface area contributed by atoms with Crippen LogP contribution in [0, 0.1) is 0 Å². The molecule has 0 atom stereocenters. The predicted octanol–water partition coefficient (Wildman–Crippen LogP) is 5.14. The van der Waals surface area contributed by atoms with E-state index >= 15 is 0 Å². The van der Waals surface area contributed by atoms with E-state index < -0.39 is 0 Å². The van der Waals surface area contributed by atoms with Crippen LogP contribution in [0.2, 0.25) is 0 Å². The van der Waals surface area contributed by atoms with Crippen molar-refractivity contribution in [3.05, 3.63) is 0 Å². The van der Waals surface area contributed by atoms with E-state index in [1.165, 1.54) is 135 Å². The van der Waals surface area contributed by atoms with Gasteiger partial charge in [0.2, 0.25) is 0 Å². The van der Waals surface area contributed by atoms with Gasteiger partial charge in [-0.15, -0.1) is 0 Å². The fourth-order valence-electron chi connectivity index (χ4n) is 3.84. The molecular formula is C25H54ClNNa. The maximum Gasteiger partial charge on any atom is 0.0780 e. The summed E-state index contributed by atoms with van der Waals surface area (Å²) in [5.74, 6) is 0. The van der Waals surface area contributed by atoms with E-state index in [0.717, 1.165) is 4.48 Å². The van der Waals surface area contributed by atoms with E-state index in [1.54, 1.807) is 0 Å². The first-order valence-corrected chi connectivity index (χ1v) is 12.4. The summed E-state index contributed by atoms with van der Waals surface area (Å²) in [5, 5.41) is 0. The molecule has 0 aromatic carbocycles. The number of hydrogen-bond acceptors (Lipinski definition) is 0. The second-order valence-corrected chi connectivity index (χ2v) is 9.73. The molecule has 0 N–H and O–H groups in total. The maximum absolute atomic E-state index is 2.30. The smallest absolute Gasteiger partial charge is 0.0780 e. The Hall–Kier alpha value is 1.25. The van der Waals surface area contributed by atoms with Crippen LogP contribution in [0.3, 0.4) is 0 Å². The third-order valence-electron chi connectivity index (χ3n) is 5.68. The normalized spacial score (nSPS) is 11.1. The van der Waals surface area contributed by atoms with E-state index in [9.17, 15) is 0 Å². The summed E-state index contributed by atoms with van der Waals surface area (Å²) in [7, 11) is 6.90. The SMILES string of the molecule is CCCCCCCCCCCCCCCCCCCCCC[N+](C)(C)C.[Cl-].[Na]. The molecule has 0 saturated heterocycles. The van der Waals surface area contributed by atoms with E-state index in [1.807, 2.05) is 0 Å². The summed E-state index contributed by atoms with van der Waals surface area (Å²) in [5.41, 5.74) is 0. The largest absolute Gasteiger partial charge is 1.00 e. The molecule has 0 unspecified atom stereocenters. The zero-order valence-corrected chi connectivity index (χ0v) is 23.4. The Bertz CT molecular complexity index is 266. The number of quaternary nitrogens is 1. The minimum Gasteiger partial charge on any atom is -1.00 e. The maximum atomic E-state index is 2.30. The first kappa shape index (κ1) is 33.9. The first-order valence-electron chi connectivity index (χ1n) is 12.4. The molecule has 0 saturated carbocycles. The third-order valence-corrected chi connectivity index (χ3v) is 5.68. The predicted molar refractivity (Wildman–Crippen MR) is 127 cm³/mol. The van der Waals surface area contributed by atoms with Crippen molar-refractivity contribution >= 4 is 29.6 Å². The number of hydrogen-bond donors (Lipinski definition) is 0. The van der Waals surface area contributed by atoms with Gasteiger partial charge in [0, 0.05) is 29.6 Å². The third kappa shape index (κ3) is 31.9. The van der Waals surface area contributed by atoms with Gasteiger partial charge in [0.1, 0.15) is 0 Å². The van der Waals surface area contributed by atoms with Gasteiger partial charge in [0.25, 0.3) is 0 Å². The van der Waals surface area contributed by atoms with Crippen LogP contribution in [0.1, 0.15) is 135 Å². The molecular weight excluding hydrogens is 373 g/mol. The average molecular weight is 427 g/mol. The fourth-order valence-corrected chi connectivity index (χ4v) is 3.84. The molecule has 28 heavy (non-hydrogen) atoms. The molecule has 0 bridgehead atoms. The quantitative estimate of drug-likeness (QED) is 0.135. The topological polar surface area (TPSA) is 0 Å². The van der Waals surface area contributed by atoms with Gasteiger partial charge >= 0.3 is 0 Å². The van der Waals surface area contributed by atoms with Crippen LogP contribution in [0.25, 0.3) is 0 Å². The fraction of sp³-hybridized carbons (Fsp3) is 1.00. The molecule has 167 valence electrons. The molecule has 0 aliphatic rings. The Balaban J connectivity index is -0.00000312. The van der Waals surface area contributed by atoms with E-state index in [0.29, 0.717) is 0 Å². The Labute approximate surface area is 208 Å². The zero-order chi connectivity index (χ0) is 19.3. The molecule has 0 aliphatic heterocycles. The number of rotatable bonds is 21. The van der Waals surface area contributed by atoms with Crippen molar-refractivity contribution < 1.29 is 16.9 Å². The standard InChI is InChI=1S/C25H54N.ClH.Na/c1-5-6-7-8-9-10-11-12-13-14-15-16-17-18-19-20-21-22-23-24-25-26(2,3)4;;/h5-25H2,1-4H3;1H;/q+1;;/p-1. The van der Waals surface area contributed by atoms with Crippen molar-refractivity contribution in [1.29, 1.82) is 0 Å². The van der Waals surface area contributed by atoms with Crippen molar-refractivity contribution in [3.63, 3.8) is 0 Å². The van der Waals surface area contributed by atoms with Crippen LogP contribution < -0.4 is 12.4 Å². The van der Waals surface area contributed by atoms with Crippen LogP contribution in [0.4, 0.5) is 0 Å². The Morgan fingerprint density at radius 1 is 0.393 bits per heavy atom. The average Bonchev–Trinajstić information content (AvgIpc) is 2.59. The van der Waals surface area contributed by atoms with Gasteiger partial charge in [0.05, 0.1) is 27.7 Å². The van der Waals surface area contributed by atoms with Crippen LogP contribution >= 0.6 is 0 Å². The van der Waals surface area contributed by atoms with Gasteiger partial charge in [-0.05, 0) is 12.8 Å². The van der Waals surface area contributed by atoms with Gasteiger partial charge in [-0.2, -0.15) is 0 Å². The molecule has 1 radical (unpaired) electrons. The summed E-state index contributed by atoms with van der Waals surface area (Å²) < 4.78 is 1.12. The molecule has 3 heteroatoms. The Morgan fingerprint density at radius 2 is 0.607 bits per heavy atom. The number of halogens is 1. The van der Waals surface area contributed by atoms with Crippen molar-refractivity contribution in [1.82, 2.24) is 0 Å². The van der Waals surface area contributed by atoms with Crippen molar-refractivity contribution in [2.45, 2.75) is 135 Å². The first-order chi connectivity index (χ1) is 12.6. The molecule has 0 amide bonds. The second kappa shape index (κ2) is 26.3. The molecule has 1 nitrogen and oxygen atoms in total. The Kier molecular flexibility index (Phi) is 31.8. The second-order valence-electron chi connectivity index (χ2n) is 9.73. The summed E-state index contributed by atoms with van der Waals surface area (Å²) in [6, 6.07) is 0. The van der Waals surface area contributed by atoms with E-state index in [2.05, 4.69) is 28.1 Å². The minimum absolute atomic E-state index is 0. The van der Waals surface area contributed by atoms with Gasteiger partial charge in [-0.25, -0.2) is 0 Å². The van der Waals surface area contributed by atoms with Gasteiger partial charge in [0.15, 0.2) is 0 Å². The number of unbranched alkanes of at least 4 members (excludes halogenated alkanes) is 19. The van der Waals surface area contributed by atoms with Crippen molar-refractivity contribution in [2.75, 3.05) is 27.7 Å². The molecule has 0 fully saturated rings. The van der Waals surface area contributed by atoms with Crippen LogP contribution in [-0.4, -0.2) is 61.7 Å². The summed E-state index contributed by atoms with van der Waals surface area (Å²) in [4.78, 5) is 0. The molecule has 0 aromatic rings. The molecule has 0 aliphatic carbocycles. The molecule has 0 heterocycles. The van der Waals surface area contributed by atoms with Gasteiger partial charge in [-0.1, -0.05) is 122 Å². The van der Waals surface area contributed by atoms with E-state index in [-0.39, 0.29) is 42.0 Å². The number of nitrogens with zero attached hydrogens (tertiary/aromatic N) is 1. The summed E-state index contributed by atoms with van der Waals surface area (Å²) in [6.45, 7) is 3.63. The van der Waals surface area contributed by atoms with Crippen LogP contribution in [0.5, 0.6) is 0 Å². The zero-order valence-electron chi connectivity index (χ0n) is 20.7. The van der Waals surface area contributed by atoms with Crippen molar-refractivity contribution in [3.8, 4) is 0 Å². The Morgan fingerprint density at radius 3 is 0.821 bits per heavy atom. The molecule has 0 spiro atoms.